The molecule has 1 amide bonds. The largest absolute Gasteiger partial charge is 0.455 e. The molecule has 3 rings (SSSR count). The second-order valence-corrected chi connectivity index (χ2v) is 5.93. The molecule has 0 aliphatic heterocycles. The summed E-state index contributed by atoms with van der Waals surface area (Å²) in [5, 5.41) is 4.09. The van der Waals surface area contributed by atoms with E-state index in [1.54, 1.807) is 24.5 Å². The van der Waals surface area contributed by atoms with Gasteiger partial charge in [0.05, 0.1) is 0 Å². The number of hydrogen-bond acceptors (Lipinski definition) is 6. The number of pyridine rings is 1. The first-order chi connectivity index (χ1) is 10.7. The Hall–Kier alpha value is -1.83. The van der Waals surface area contributed by atoms with Crippen molar-refractivity contribution in [2.24, 2.45) is 0 Å². The Bertz CT molecular complexity index is 802. The summed E-state index contributed by atoms with van der Waals surface area (Å²) >= 11 is 11.4. The minimum atomic E-state index is -0.378. The third-order valence-corrected chi connectivity index (χ3v) is 4.48. The molecule has 0 radical (unpaired) electrons. The standard InChI is InChI=1S/C14H10ClN3O2S2/c15-11-14(18-12(19)10-4-3-9(7-21)20-10)22-13(17-11)8-2-1-5-16-6-8/h1-6,21H,7H2,(H,18,19). The van der Waals surface area contributed by atoms with Gasteiger partial charge < -0.3 is 9.73 Å². The van der Waals surface area contributed by atoms with Crippen molar-refractivity contribution in [3.05, 3.63) is 53.3 Å². The number of hydrogen-bond donors (Lipinski definition) is 2. The summed E-state index contributed by atoms with van der Waals surface area (Å²) in [6.45, 7) is 0. The van der Waals surface area contributed by atoms with Gasteiger partial charge in [0.25, 0.3) is 5.91 Å². The number of carbonyl (C=O) groups excluding carboxylic acids is 1. The number of rotatable bonds is 4. The maximum Gasteiger partial charge on any atom is 0.292 e. The topological polar surface area (TPSA) is 68.0 Å². The number of nitrogens with zero attached hydrogens (tertiary/aromatic N) is 2. The van der Waals surface area contributed by atoms with E-state index >= 15 is 0 Å². The molecule has 3 aromatic heterocycles. The molecule has 3 heterocycles. The quantitative estimate of drug-likeness (QED) is 0.693. The van der Waals surface area contributed by atoms with Crippen molar-refractivity contribution >= 4 is 46.5 Å². The fraction of sp³-hybridized carbons (Fsp3) is 0.0714. The zero-order valence-electron chi connectivity index (χ0n) is 11.1. The lowest BCUT2D eigenvalue weighted by Gasteiger charge is -1.99. The van der Waals surface area contributed by atoms with E-state index in [0.29, 0.717) is 21.5 Å². The van der Waals surface area contributed by atoms with Gasteiger partial charge in [-0.2, -0.15) is 12.6 Å². The molecule has 0 fully saturated rings. The molecule has 0 atom stereocenters. The number of amides is 1. The van der Waals surface area contributed by atoms with Gasteiger partial charge >= 0.3 is 0 Å². The van der Waals surface area contributed by atoms with E-state index in [4.69, 9.17) is 16.0 Å². The van der Waals surface area contributed by atoms with E-state index in [0.717, 1.165) is 5.56 Å². The SMILES string of the molecule is O=C(Nc1sc(-c2cccnc2)nc1Cl)c1ccc(CS)o1. The molecular formula is C14H10ClN3O2S2. The van der Waals surface area contributed by atoms with Gasteiger partial charge in [-0.25, -0.2) is 4.98 Å². The number of thiazole rings is 1. The van der Waals surface area contributed by atoms with Gasteiger partial charge in [0.1, 0.15) is 15.8 Å². The summed E-state index contributed by atoms with van der Waals surface area (Å²) in [6, 6.07) is 6.99. The van der Waals surface area contributed by atoms with Crippen molar-refractivity contribution in [1.82, 2.24) is 9.97 Å². The Morgan fingerprint density at radius 2 is 2.27 bits per heavy atom. The Morgan fingerprint density at radius 3 is 2.95 bits per heavy atom. The lowest BCUT2D eigenvalue weighted by atomic mass is 10.3. The van der Waals surface area contributed by atoms with Crippen LogP contribution in [-0.4, -0.2) is 15.9 Å². The van der Waals surface area contributed by atoms with Crippen LogP contribution in [-0.2, 0) is 5.75 Å². The molecule has 0 aromatic carbocycles. The van der Waals surface area contributed by atoms with E-state index in [1.807, 2.05) is 12.1 Å². The van der Waals surface area contributed by atoms with E-state index in [9.17, 15) is 4.79 Å². The number of halogens is 1. The third kappa shape index (κ3) is 3.16. The van der Waals surface area contributed by atoms with Crippen LogP contribution in [0.25, 0.3) is 10.6 Å². The van der Waals surface area contributed by atoms with Crippen molar-refractivity contribution in [3.8, 4) is 10.6 Å². The van der Waals surface area contributed by atoms with Gasteiger partial charge in [0.2, 0.25) is 0 Å². The number of anilines is 1. The number of carbonyl (C=O) groups is 1. The van der Waals surface area contributed by atoms with Crippen molar-refractivity contribution in [3.63, 3.8) is 0 Å². The monoisotopic (exact) mass is 351 g/mol. The number of thiol groups is 1. The number of nitrogens with one attached hydrogen (secondary N) is 1. The van der Waals surface area contributed by atoms with Crippen molar-refractivity contribution in [2.75, 3.05) is 5.32 Å². The fourth-order valence-corrected chi connectivity index (χ4v) is 3.05. The van der Waals surface area contributed by atoms with Crippen LogP contribution in [0.4, 0.5) is 5.00 Å². The lowest BCUT2D eigenvalue weighted by molar-refractivity contribution is 0.0995. The second-order valence-electron chi connectivity index (χ2n) is 4.26. The van der Waals surface area contributed by atoms with E-state index in [1.165, 1.54) is 11.3 Å². The molecule has 0 bridgehead atoms. The van der Waals surface area contributed by atoms with Gasteiger partial charge in [-0.15, -0.1) is 0 Å². The number of aromatic nitrogens is 2. The summed E-state index contributed by atoms with van der Waals surface area (Å²) in [6.07, 6.45) is 3.36. The molecule has 22 heavy (non-hydrogen) atoms. The fourth-order valence-electron chi connectivity index (χ4n) is 1.74. The molecule has 0 aliphatic carbocycles. The molecule has 8 heteroatoms. The van der Waals surface area contributed by atoms with Crippen LogP contribution in [0.15, 0.2) is 41.1 Å². The summed E-state index contributed by atoms with van der Waals surface area (Å²) in [4.78, 5) is 20.4. The summed E-state index contributed by atoms with van der Waals surface area (Å²) in [5.74, 6) is 0.882. The highest BCUT2D eigenvalue weighted by Crippen LogP contribution is 2.35. The molecule has 1 N–H and O–H groups in total. The van der Waals surface area contributed by atoms with Crippen molar-refractivity contribution in [1.29, 1.82) is 0 Å². The third-order valence-electron chi connectivity index (χ3n) is 2.76. The van der Waals surface area contributed by atoms with E-state index < -0.39 is 0 Å². The molecule has 112 valence electrons. The van der Waals surface area contributed by atoms with Crippen LogP contribution in [0.5, 0.6) is 0 Å². The summed E-state index contributed by atoms with van der Waals surface area (Å²) in [5.41, 5.74) is 0.838. The highest BCUT2D eigenvalue weighted by molar-refractivity contribution is 7.79. The predicted molar refractivity (Wildman–Crippen MR) is 89.7 cm³/mol. The molecule has 5 nitrogen and oxygen atoms in total. The Labute approximate surface area is 140 Å². The minimum absolute atomic E-state index is 0.205. The van der Waals surface area contributed by atoms with Crippen LogP contribution in [0.2, 0.25) is 5.15 Å². The average Bonchev–Trinajstić information content (AvgIpc) is 3.15. The van der Waals surface area contributed by atoms with Crippen molar-refractivity contribution in [2.45, 2.75) is 5.75 Å². The molecule has 0 spiro atoms. The van der Waals surface area contributed by atoms with Crippen LogP contribution >= 0.6 is 35.6 Å². The molecule has 3 aromatic rings. The summed E-state index contributed by atoms with van der Waals surface area (Å²) in [7, 11) is 0. The van der Waals surface area contributed by atoms with Gasteiger partial charge in [-0.05, 0) is 24.3 Å². The highest BCUT2D eigenvalue weighted by atomic mass is 35.5. The van der Waals surface area contributed by atoms with Gasteiger partial charge in [0.15, 0.2) is 10.9 Å². The molecule has 0 aliphatic rings. The van der Waals surface area contributed by atoms with E-state index in [-0.39, 0.29) is 16.8 Å². The molecular weight excluding hydrogens is 342 g/mol. The molecule has 0 unspecified atom stereocenters. The lowest BCUT2D eigenvalue weighted by Crippen LogP contribution is -2.10. The van der Waals surface area contributed by atoms with E-state index in [2.05, 4.69) is 27.9 Å². The normalized spacial score (nSPS) is 10.6. The first-order valence-electron chi connectivity index (χ1n) is 6.25. The molecule has 0 saturated heterocycles. The molecule has 0 saturated carbocycles. The average molecular weight is 352 g/mol. The Morgan fingerprint density at radius 1 is 1.41 bits per heavy atom. The maximum absolute atomic E-state index is 12.1. The predicted octanol–water partition coefficient (Wildman–Crippen LogP) is 4.13. The van der Waals surface area contributed by atoms with Gasteiger partial charge in [-0.1, -0.05) is 22.9 Å². The minimum Gasteiger partial charge on any atom is -0.455 e. The van der Waals surface area contributed by atoms with Crippen molar-refractivity contribution < 1.29 is 9.21 Å². The first kappa shape index (κ1) is 15.1. The smallest absolute Gasteiger partial charge is 0.292 e. The Kier molecular flexibility index (Phi) is 4.47. The summed E-state index contributed by atoms with van der Waals surface area (Å²) < 4.78 is 5.34. The zero-order chi connectivity index (χ0) is 15.5. The first-order valence-corrected chi connectivity index (χ1v) is 8.07. The zero-order valence-corrected chi connectivity index (χ0v) is 13.6. The van der Waals surface area contributed by atoms with Gasteiger partial charge in [0, 0.05) is 23.7 Å². The van der Waals surface area contributed by atoms with Gasteiger partial charge in [-0.3, -0.25) is 9.78 Å². The van der Waals surface area contributed by atoms with Crippen LogP contribution < -0.4 is 5.32 Å². The second kappa shape index (κ2) is 6.51. The maximum atomic E-state index is 12.1. The number of furan rings is 1. The van der Waals surface area contributed by atoms with Crippen LogP contribution in [0.3, 0.4) is 0 Å². The van der Waals surface area contributed by atoms with Crippen LogP contribution in [0, 0.1) is 0 Å². The Balaban J connectivity index is 1.81. The highest BCUT2D eigenvalue weighted by Gasteiger charge is 2.16. The van der Waals surface area contributed by atoms with Crippen LogP contribution in [0.1, 0.15) is 16.3 Å².